The lowest BCUT2D eigenvalue weighted by Crippen LogP contribution is -2.27. The van der Waals surface area contributed by atoms with Crippen molar-refractivity contribution in [2.45, 2.75) is 26.4 Å². The van der Waals surface area contributed by atoms with Gasteiger partial charge in [-0.25, -0.2) is 4.79 Å². The summed E-state index contributed by atoms with van der Waals surface area (Å²) in [6.45, 7) is 5.33. The van der Waals surface area contributed by atoms with Gasteiger partial charge in [-0.05, 0) is 56.5 Å². The quantitative estimate of drug-likeness (QED) is 0.538. The number of anilines is 3. The molecule has 0 aliphatic rings. The lowest BCUT2D eigenvalue weighted by Gasteiger charge is -2.19. The van der Waals surface area contributed by atoms with Crippen LogP contribution in [0.4, 0.5) is 21.2 Å². The monoisotopic (exact) mass is 414 g/mol. The molecule has 2 aromatic heterocycles. The third-order valence-corrected chi connectivity index (χ3v) is 4.91. The van der Waals surface area contributed by atoms with Gasteiger partial charge in [-0.15, -0.1) is 11.3 Å². The highest BCUT2D eigenvalue weighted by Gasteiger charge is 2.18. The Morgan fingerprint density at radius 1 is 1.10 bits per heavy atom. The normalized spacial score (nSPS) is 11.2. The zero-order valence-electron chi connectivity index (χ0n) is 16.5. The van der Waals surface area contributed by atoms with Crippen LogP contribution in [0, 0.1) is 0 Å². The number of ether oxygens (including phenoxy) is 1. The van der Waals surface area contributed by atoms with Crippen LogP contribution in [0.2, 0.25) is 0 Å². The maximum Gasteiger partial charge on any atom is 0.412 e. The molecule has 9 heteroatoms. The molecular weight excluding hydrogens is 392 g/mol. The molecule has 0 spiro atoms. The van der Waals surface area contributed by atoms with Crippen LogP contribution in [-0.4, -0.2) is 28.6 Å². The number of hydrogen-bond donors (Lipinski definition) is 3. The summed E-state index contributed by atoms with van der Waals surface area (Å²) in [7, 11) is 1.72. The average Bonchev–Trinajstić information content (AvgIpc) is 3.15. The van der Waals surface area contributed by atoms with E-state index in [2.05, 4.69) is 16.0 Å². The molecule has 1 aromatic carbocycles. The van der Waals surface area contributed by atoms with Gasteiger partial charge in [-0.3, -0.25) is 14.9 Å². The first kappa shape index (κ1) is 20.4. The van der Waals surface area contributed by atoms with Crippen molar-refractivity contribution in [3.8, 4) is 0 Å². The van der Waals surface area contributed by atoms with Crippen molar-refractivity contribution >= 4 is 56.2 Å². The number of amides is 3. The van der Waals surface area contributed by atoms with Crippen molar-refractivity contribution in [2.24, 2.45) is 7.05 Å². The van der Waals surface area contributed by atoms with Crippen LogP contribution in [0.3, 0.4) is 0 Å². The van der Waals surface area contributed by atoms with E-state index in [0.29, 0.717) is 23.5 Å². The predicted octanol–water partition coefficient (Wildman–Crippen LogP) is 4.41. The first-order valence-electron chi connectivity index (χ1n) is 8.86. The molecule has 0 aliphatic heterocycles. The average molecular weight is 414 g/mol. The lowest BCUT2D eigenvalue weighted by atomic mass is 10.2. The number of fused-ring (bicyclic) bond motifs is 1. The second-order valence-corrected chi connectivity index (χ2v) is 8.52. The van der Waals surface area contributed by atoms with Crippen LogP contribution in [0.5, 0.6) is 0 Å². The van der Waals surface area contributed by atoms with E-state index in [1.165, 1.54) is 11.3 Å². The Bertz CT molecular complexity index is 1080. The van der Waals surface area contributed by atoms with Gasteiger partial charge in [0.1, 0.15) is 11.3 Å². The second kappa shape index (κ2) is 7.96. The molecule has 152 valence electrons. The summed E-state index contributed by atoms with van der Waals surface area (Å²) in [5.74, 6) is -0.314. The van der Waals surface area contributed by atoms with E-state index in [-0.39, 0.29) is 5.91 Å². The molecule has 3 aromatic rings. The Morgan fingerprint density at radius 2 is 1.86 bits per heavy atom. The van der Waals surface area contributed by atoms with Gasteiger partial charge in [0.05, 0.1) is 10.7 Å². The fourth-order valence-corrected chi connectivity index (χ4v) is 3.63. The molecule has 0 fully saturated rings. The van der Waals surface area contributed by atoms with E-state index in [4.69, 9.17) is 4.74 Å². The highest BCUT2D eigenvalue weighted by Crippen LogP contribution is 2.31. The number of hydrogen-bond acceptors (Lipinski definition) is 5. The third-order valence-electron chi connectivity index (χ3n) is 3.86. The fraction of sp³-hybridized carbons (Fsp3) is 0.250. The summed E-state index contributed by atoms with van der Waals surface area (Å²) in [4.78, 5) is 35.2. The Hall–Kier alpha value is -3.33. The minimum absolute atomic E-state index is 0.314. The van der Waals surface area contributed by atoms with Gasteiger partial charge in [-0.2, -0.15) is 0 Å². The van der Waals surface area contributed by atoms with Crippen LogP contribution >= 0.6 is 11.3 Å². The molecule has 0 atom stereocenters. The summed E-state index contributed by atoms with van der Waals surface area (Å²) in [5.41, 5.74) is 0.857. The molecule has 0 aliphatic carbocycles. The van der Waals surface area contributed by atoms with Gasteiger partial charge < -0.3 is 19.9 Å². The van der Waals surface area contributed by atoms with Crippen molar-refractivity contribution in [2.75, 3.05) is 16.0 Å². The maximum absolute atomic E-state index is 12.7. The highest BCUT2D eigenvalue weighted by atomic mass is 32.1. The van der Waals surface area contributed by atoms with Gasteiger partial charge in [0.25, 0.3) is 5.91 Å². The molecule has 3 rings (SSSR count). The largest absolute Gasteiger partial charge is 0.444 e. The minimum atomic E-state index is -0.611. The number of rotatable bonds is 5. The molecule has 0 unspecified atom stereocenters. The van der Waals surface area contributed by atoms with Crippen LogP contribution in [0.15, 0.2) is 36.5 Å². The molecule has 29 heavy (non-hydrogen) atoms. The molecule has 0 saturated carbocycles. The molecule has 0 saturated heterocycles. The van der Waals surface area contributed by atoms with E-state index < -0.39 is 11.7 Å². The van der Waals surface area contributed by atoms with Crippen molar-refractivity contribution in [3.05, 3.63) is 42.2 Å². The Morgan fingerprint density at radius 3 is 2.55 bits per heavy atom. The maximum atomic E-state index is 12.7. The summed E-state index contributed by atoms with van der Waals surface area (Å²) < 4.78 is 7.84. The molecule has 0 radical (unpaired) electrons. The SMILES string of the molecule is Cn1cc(NC(=O)OC(C)(C)C)cc1C(=O)Nc1ccc2sc(NC=O)cc2c1. The number of aryl methyl sites for hydroxylation is 1. The van der Waals surface area contributed by atoms with Crippen molar-refractivity contribution in [1.29, 1.82) is 0 Å². The summed E-state index contributed by atoms with van der Waals surface area (Å²) in [6.07, 6.45) is 1.68. The number of carbonyl (C=O) groups is 3. The number of benzene rings is 1. The van der Waals surface area contributed by atoms with Gasteiger partial charge >= 0.3 is 6.09 Å². The van der Waals surface area contributed by atoms with E-state index in [9.17, 15) is 14.4 Å². The number of nitrogens with one attached hydrogen (secondary N) is 3. The number of thiophene rings is 1. The minimum Gasteiger partial charge on any atom is -0.444 e. The van der Waals surface area contributed by atoms with Gasteiger partial charge in [-0.1, -0.05) is 0 Å². The van der Waals surface area contributed by atoms with E-state index in [1.54, 1.807) is 50.7 Å². The first-order valence-corrected chi connectivity index (χ1v) is 9.68. The fourth-order valence-electron chi connectivity index (χ4n) is 2.73. The Labute approximate surface area is 171 Å². The second-order valence-electron chi connectivity index (χ2n) is 7.43. The van der Waals surface area contributed by atoms with Crippen molar-refractivity contribution in [1.82, 2.24) is 4.57 Å². The first-order chi connectivity index (χ1) is 13.6. The Kier molecular flexibility index (Phi) is 5.60. The van der Waals surface area contributed by atoms with Crippen LogP contribution < -0.4 is 16.0 Å². The third kappa shape index (κ3) is 5.14. The summed E-state index contributed by atoms with van der Waals surface area (Å²) in [5, 5.41) is 9.74. The van der Waals surface area contributed by atoms with Crippen LogP contribution in [0.25, 0.3) is 10.1 Å². The van der Waals surface area contributed by atoms with E-state index >= 15 is 0 Å². The topological polar surface area (TPSA) is 101 Å². The summed E-state index contributed by atoms with van der Waals surface area (Å²) in [6, 6.07) is 8.93. The van der Waals surface area contributed by atoms with Crippen LogP contribution in [0.1, 0.15) is 31.3 Å². The smallest absolute Gasteiger partial charge is 0.412 e. The van der Waals surface area contributed by atoms with E-state index in [0.717, 1.165) is 15.1 Å². The number of nitrogens with zero attached hydrogens (tertiary/aromatic N) is 1. The van der Waals surface area contributed by atoms with Crippen molar-refractivity contribution in [3.63, 3.8) is 0 Å². The molecule has 0 bridgehead atoms. The van der Waals surface area contributed by atoms with Crippen LogP contribution in [-0.2, 0) is 16.6 Å². The molecule has 2 heterocycles. The zero-order valence-corrected chi connectivity index (χ0v) is 17.3. The van der Waals surface area contributed by atoms with E-state index in [1.807, 2.05) is 18.2 Å². The van der Waals surface area contributed by atoms with Crippen molar-refractivity contribution < 1.29 is 19.1 Å². The Balaban J connectivity index is 1.72. The van der Waals surface area contributed by atoms with Gasteiger partial charge in [0.15, 0.2) is 0 Å². The number of aromatic nitrogens is 1. The zero-order chi connectivity index (χ0) is 21.2. The number of carbonyl (C=O) groups excluding carboxylic acids is 3. The molecule has 8 nitrogen and oxygen atoms in total. The van der Waals surface area contributed by atoms with Gasteiger partial charge in [0.2, 0.25) is 6.41 Å². The highest BCUT2D eigenvalue weighted by molar-refractivity contribution is 7.22. The molecule has 3 amide bonds. The standard InChI is InChI=1S/C20H22N4O4S/c1-20(2,3)28-19(27)23-14-9-15(24(4)10-14)18(26)22-13-5-6-16-12(7-13)8-17(29-16)21-11-25/h5-11H,1-4H3,(H,21,25)(H,22,26)(H,23,27). The molecule has 3 N–H and O–H groups in total. The summed E-state index contributed by atoms with van der Waals surface area (Å²) >= 11 is 1.45. The van der Waals surface area contributed by atoms with Gasteiger partial charge in [0, 0.05) is 23.6 Å². The predicted molar refractivity (Wildman–Crippen MR) is 115 cm³/mol. The molecular formula is C20H22N4O4S. The lowest BCUT2D eigenvalue weighted by molar-refractivity contribution is -0.105.